The molecule has 1 fully saturated rings. The molecule has 1 aliphatic rings. The molecule has 1 unspecified atom stereocenters. The van der Waals surface area contributed by atoms with Crippen molar-refractivity contribution in [2.75, 3.05) is 40.0 Å². The number of nitrogens with one attached hydrogen (secondary N) is 2. The van der Waals surface area contributed by atoms with E-state index < -0.39 is 11.5 Å². The largest absolute Gasteiger partial charge is 0.353 e. The number of Topliss-reactive ketones (excluding diaryl/α,β-unsaturated/α-hetero) is 1. The van der Waals surface area contributed by atoms with Gasteiger partial charge in [0.15, 0.2) is 0 Å². The Hall–Kier alpha value is -1.87. The number of nitrogens with zero attached hydrogens (tertiary/aromatic N) is 2. The Morgan fingerprint density at radius 1 is 1.11 bits per heavy atom. The number of amides is 3. The molecule has 9 heteroatoms. The van der Waals surface area contributed by atoms with Crippen molar-refractivity contribution in [2.24, 2.45) is 11.3 Å². The van der Waals surface area contributed by atoms with Crippen molar-refractivity contribution in [3.05, 3.63) is 12.3 Å². The van der Waals surface area contributed by atoms with Gasteiger partial charge in [0.2, 0.25) is 17.7 Å². The zero-order valence-corrected chi connectivity index (χ0v) is 25.6. The maximum atomic E-state index is 12.8. The van der Waals surface area contributed by atoms with Crippen LogP contribution in [0.5, 0.6) is 0 Å². The van der Waals surface area contributed by atoms with E-state index in [4.69, 9.17) is 0 Å². The minimum Gasteiger partial charge on any atom is -0.353 e. The van der Waals surface area contributed by atoms with Gasteiger partial charge < -0.3 is 20.4 Å². The summed E-state index contributed by atoms with van der Waals surface area (Å²) in [6, 6.07) is -0.805. The van der Waals surface area contributed by atoms with Gasteiger partial charge in [-0.15, -0.1) is 0 Å². The number of hydrogen-bond donors (Lipinski definition) is 2. The predicted molar refractivity (Wildman–Crippen MR) is 154 cm³/mol. The van der Waals surface area contributed by atoms with Gasteiger partial charge in [-0.3, -0.25) is 19.2 Å². The quantitative estimate of drug-likeness (QED) is 0.325. The molecule has 1 aliphatic heterocycles. The Morgan fingerprint density at radius 3 is 2.19 bits per heavy atom. The molecular weight excluding hydrogens is 488 g/mol. The highest BCUT2D eigenvalue weighted by Crippen LogP contribution is 2.26. The molecule has 2 N–H and O–H groups in total. The first-order valence-corrected chi connectivity index (χ1v) is 14.4. The summed E-state index contributed by atoms with van der Waals surface area (Å²) in [7, 11) is 5.45. The number of carbonyl (C=O) groups excluding carboxylic acids is 4. The van der Waals surface area contributed by atoms with Crippen molar-refractivity contribution >= 4 is 35.3 Å². The van der Waals surface area contributed by atoms with E-state index in [0.29, 0.717) is 32.4 Å². The lowest BCUT2D eigenvalue weighted by Gasteiger charge is -2.29. The molecule has 8 nitrogen and oxygen atoms in total. The molecule has 214 valence electrons. The number of thioether (sulfide) groups is 1. The van der Waals surface area contributed by atoms with E-state index in [1.54, 1.807) is 18.8 Å². The van der Waals surface area contributed by atoms with Crippen LogP contribution in [0.1, 0.15) is 80.1 Å². The fraction of sp³-hybridized carbons (Fsp3) is 0.786. The number of unbranched alkanes of at least 4 members (excludes halogenated alkanes) is 2. The fourth-order valence-electron chi connectivity index (χ4n) is 3.30. The standard InChI is InChI=1S/C24H42N4O4S.C4H10/c1-17-19(16-21(30)26-17)33-14-10-8-9-11-22(31)28(7)18(15-20(29)24(2,3)4)23(32)25-12-13-27(5)6;1-4(2)3/h18-19H,1,8-16H2,2-7H3,(H,25,32)(H,26,30);4H,1-3H3/t18-,19?;/m0./s1. The first-order valence-electron chi connectivity index (χ1n) is 13.4. The number of hydrogen-bond acceptors (Lipinski definition) is 6. The van der Waals surface area contributed by atoms with Crippen molar-refractivity contribution in [2.45, 2.75) is 91.4 Å². The van der Waals surface area contributed by atoms with Gasteiger partial charge in [0.05, 0.1) is 5.25 Å². The zero-order chi connectivity index (χ0) is 28.8. The normalized spacial score (nSPS) is 16.2. The Morgan fingerprint density at radius 2 is 1.70 bits per heavy atom. The topological polar surface area (TPSA) is 98.8 Å². The van der Waals surface area contributed by atoms with E-state index in [2.05, 4.69) is 38.0 Å². The summed E-state index contributed by atoms with van der Waals surface area (Å²) in [5.74, 6) is 1.29. The van der Waals surface area contributed by atoms with Crippen LogP contribution in [0.2, 0.25) is 0 Å². The molecule has 1 heterocycles. The molecule has 3 amide bonds. The summed E-state index contributed by atoms with van der Waals surface area (Å²) in [5.41, 5.74) is 0.204. The lowest BCUT2D eigenvalue weighted by atomic mass is 9.86. The van der Waals surface area contributed by atoms with E-state index in [0.717, 1.165) is 30.2 Å². The van der Waals surface area contributed by atoms with Crippen molar-refractivity contribution < 1.29 is 19.2 Å². The van der Waals surface area contributed by atoms with Crippen molar-refractivity contribution in [1.82, 2.24) is 20.4 Å². The Bertz CT molecular complexity index is 759. The van der Waals surface area contributed by atoms with E-state index >= 15 is 0 Å². The van der Waals surface area contributed by atoms with Crippen LogP contribution in [0.3, 0.4) is 0 Å². The van der Waals surface area contributed by atoms with E-state index in [1.807, 2.05) is 39.8 Å². The summed E-state index contributed by atoms with van der Waals surface area (Å²) in [6.07, 6.45) is 3.37. The second-order valence-electron chi connectivity index (χ2n) is 11.7. The molecule has 0 aromatic rings. The molecule has 2 atom stereocenters. The van der Waals surface area contributed by atoms with Gasteiger partial charge in [0, 0.05) is 50.5 Å². The molecule has 1 rings (SSSR count). The predicted octanol–water partition coefficient (Wildman–Crippen LogP) is 3.85. The molecule has 0 aliphatic carbocycles. The van der Waals surface area contributed by atoms with Crippen molar-refractivity contribution in [1.29, 1.82) is 0 Å². The summed E-state index contributed by atoms with van der Waals surface area (Å²) < 4.78 is 0. The maximum absolute atomic E-state index is 12.8. The van der Waals surface area contributed by atoms with Gasteiger partial charge in [0.25, 0.3) is 0 Å². The molecule has 0 radical (unpaired) electrons. The molecule has 0 spiro atoms. The van der Waals surface area contributed by atoms with Crippen LogP contribution in [-0.4, -0.2) is 84.6 Å². The van der Waals surface area contributed by atoms with E-state index in [9.17, 15) is 19.2 Å². The van der Waals surface area contributed by atoms with Crippen LogP contribution in [0, 0.1) is 11.3 Å². The molecule has 0 aromatic heterocycles. The summed E-state index contributed by atoms with van der Waals surface area (Å²) in [4.78, 5) is 53.0. The van der Waals surface area contributed by atoms with Crippen molar-refractivity contribution in [3.63, 3.8) is 0 Å². The SMILES string of the molecule is C=C1NC(=O)CC1SCCCCCC(=O)N(C)[C@@H](CC(=O)C(C)(C)C)C(=O)NCCN(C)C.CC(C)C. The second kappa shape index (κ2) is 17.6. The lowest BCUT2D eigenvalue weighted by Crippen LogP contribution is -2.50. The van der Waals surface area contributed by atoms with Gasteiger partial charge in [-0.1, -0.05) is 54.5 Å². The van der Waals surface area contributed by atoms with Crippen LogP contribution >= 0.6 is 11.8 Å². The third-order valence-corrected chi connectivity index (χ3v) is 7.03. The van der Waals surface area contributed by atoms with Gasteiger partial charge in [-0.25, -0.2) is 0 Å². The minimum atomic E-state index is -0.805. The highest BCUT2D eigenvalue weighted by atomic mass is 32.2. The van der Waals surface area contributed by atoms with Crippen LogP contribution in [-0.2, 0) is 19.2 Å². The average molecular weight is 541 g/mol. The third kappa shape index (κ3) is 15.9. The number of likely N-dealkylation sites (N-methyl/N-ethyl adjacent to an activating group) is 2. The number of ketones is 1. The van der Waals surface area contributed by atoms with Crippen molar-refractivity contribution in [3.8, 4) is 0 Å². The van der Waals surface area contributed by atoms with Crippen LogP contribution in [0.4, 0.5) is 0 Å². The van der Waals surface area contributed by atoms with Crippen LogP contribution in [0.25, 0.3) is 0 Å². The molecule has 0 aromatic carbocycles. The van der Waals surface area contributed by atoms with Crippen LogP contribution in [0.15, 0.2) is 12.3 Å². The fourth-order valence-corrected chi connectivity index (χ4v) is 4.48. The van der Waals surface area contributed by atoms with E-state index in [1.165, 1.54) is 4.90 Å². The summed E-state index contributed by atoms with van der Waals surface area (Å²) >= 11 is 1.72. The molecule has 0 saturated carbocycles. The lowest BCUT2D eigenvalue weighted by molar-refractivity contribution is -0.142. The summed E-state index contributed by atoms with van der Waals surface area (Å²) in [6.45, 7) is 17.0. The monoisotopic (exact) mass is 540 g/mol. The summed E-state index contributed by atoms with van der Waals surface area (Å²) in [5, 5.41) is 5.74. The van der Waals surface area contributed by atoms with Gasteiger partial charge in [-0.2, -0.15) is 11.8 Å². The molecule has 1 saturated heterocycles. The number of rotatable bonds is 14. The number of carbonyl (C=O) groups is 4. The minimum absolute atomic E-state index is 0.00814. The van der Waals surface area contributed by atoms with Gasteiger partial charge in [0.1, 0.15) is 11.8 Å². The average Bonchev–Trinajstić information content (AvgIpc) is 3.08. The second-order valence-corrected chi connectivity index (χ2v) is 13.0. The third-order valence-electron chi connectivity index (χ3n) is 5.65. The molecular formula is C28H52N4O4S. The smallest absolute Gasteiger partial charge is 0.243 e. The van der Waals surface area contributed by atoms with Crippen LogP contribution < -0.4 is 10.6 Å². The van der Waals surface area contributed by atoms with Gasteiger partial charge >= 0.3 is 0 Å². The zero-order valence-electron chi connectivity index (χ0n) is 24.7. The molecule has 0 bridgehead atoms. The first-order chi connectivity index (χ1) is 17.1. The Kier molecular flexibility index (Phi) is 16.7. The van der Waals surface area contributed by atoms with E-state index in [-0.39, 0.29) is 35.2 Å². The maximum Gasteiger partial charge on any atom is 0.243 e. The highest BCUT2D eigenvalue weighted by Gasteiger charge is 2.32. The molecule has 37 heavy (non-hydrogen) atoms. The Labute approximate surface area is 229 Å². The van der Waals surface area contributed by atoms with Gasteiger partial charge in [-0.05, 0) is 38.6 Å². The Balaban J connectivity index is 0.00000300. The highest BCUT2D eigenvalue weighted by molar-refractivity contribution is 8.00. The first kappa shape index (κ1) is 35.1.